The van der Waals surface area contributed by atoms with Crippen LogP contribution in [-0.4, -0.2) is 16.5 Å². The van der Waals surface area contributed by atoms with E-state index in [0.29, 0.717) is 10.8 Å². The Kier molecular flexibility index (Phi) is 2.35. The number of rotatable bonds is 2. The summed E-state index contributed by atoms with van der Waals surface area (Å²) in [5, 5.41) is 3.51. The zero-order valence-electron chi connectivity index (χ0n) is 8.58. The van der Waals surface area contributed by atoms with E-state index in [1.54, 1.807) is 0 Å². The molecule has 0 aliphatic carbocycles. The monoisotopic (exact) mass is 208 g/mol. The molecule has 1 fully saturated rings. The Morgan fingerprint density at radius 2 is 2.29 bits per heavy atom. The minimum absolute atomic E-state index is 0.352. The lowest BCUT2D eigenvalue weighted by Gasteiger charge is -2.44. The van der Waals surface area contributed by atoms with Crippen molar-refractivity contribution in [1.82, 2.24) is 0 Å². The van der Waals surface area contributed by atoms with Crippen molar-refractivity contribution in [3.8, 4) is 0 Å². The Morgan fingerprint density at radius 1 is 1.50 bits per heavy atom. The maximum atomic E-state index is 5.72. The highest BCUT2D eigenvalue weighted by molar-refractivity contribution is 8.02. The van der Waals surface area contributed by atoms with Gasteiger partial charge in [0.25, 0.3) is 0 Å². The van der Waals surface area contributed by atoms with Crippen molar-refractivity contribution in [3.63, 3.8) is 0 Å². The van der Waals surface area contributed by atoms with Gasteiger partial charge in [-0.25, -0.2) is 0 Å². The number of nitrogens with two attached hydrogens (primary N) is 1. The molecule has 3 N–H and O–H groups in total. The summed E-state index contributed by atoms with van der Waals surface area (Å²) in [6.07, 6.45) is 0. The number of hydrogen-bond acceptors (Lipinski definition) is 3. The molecule has 1 aliphatic heterocycles. The van der Waals surface area contributed by atoms with Crippen molar-refractivity contribution in [3.05, 3.63) is 24.3 Å². The van der Waals surface area contributed by atoms with E-state index in [9.17, 15) is 0 Å². The molecule has 0 bridgehead atoms. The van der Waals surface area contributed by atoms with Crippen LogP contribution < -0.4 is 11.1 Å². The highest BCUT2D eigenvalue weighted by atomic mass is 32.2. The lowest BCUT2D eigenvalue weighted by molar-refractivity contribution is 0.576. The summed E-state index contributed by atoms with van der Waals surface area (Å²) in [5.41, 5.74) is 7.66. The van der Waals surface area contributed by atoms with Crippen LogP contribution in [0.1, 0.15) is 13.8 Å². The third-order valence-electron chi connectivity index (χ3n) is 2.69. The highest BCUT2D eigenvalue weighted by Crippen LogP contribution is 2.41. The first-order valence-corrected chi connectivity index (χ1v) is 5.82. The van der Waals surface area contributed by atoms with Crippen LogP contribution in [0.15, 0.2) is 24.3 Å². The second-order valence-corrected chi connectivity index (χ2v) is 5.91. The zero-order valence-corrected chi connectivity index (χ0v) is 9.40. The van der Waals surface area contributed by atoms with Crippen molar-refractivity contribution in [1.29, 1.82) is 0 Å². The molecular formula is C11H16N2S. The van der Waals surface area contributed by atoms with Crippen LogP contribution in [0.25, 0.3) is 0 Å². The van der Waals surface area contributed by atoms with Gasteiger partial charge in [-0.2, -0.15) is 11.8 Å². The van der Waals surface area contributed by atoms with Crippen molar-refractivity contribution in [2.24, 2.45) is 0 Å². The average molecular weight is 208 g/mol. The van der Waals surface area contributed by atoms with Gasteiger partial charge in [0.05, 0.1) is 0 Å². The second kappa shape index (κ2) is 3.39. The number of benzene rings is 1. The zero-order chi connectivity index (χ0) is 10.2. The van der Waals surface area contributed by atoms with Crippen LogP contribution in [0.2, 0.25) is 0 Å². The summed E-state index contributed by atoms with van der Waals surface area (Å²) in [7, 11) is 0. The molecule has 2 nitrogen and oxygen atoms in total. The SMILES string of the molecule is CC1(C)SCC1Nc1cccc(N)c1. The molecule has 1 heterocycles. The van der Waals surface area contributed by atoms with Crippen LogP contribution >= 0.6 is 11.8 Å². The first-order valence-electron chi connectivity index (χ1n) is 4.84. The van der Waals surface area contributed by atoms with Gasteiger partial charge in [-0.3, -0.25) is 0 Å². The maximum absolute atomic E-state index is 5.72. The topological polar surface area (TPSA) is 38.0 Å². The minimum Gasteiger partial charge on any atom is -0.399 e. The largest absolute Gasteiger partial charge is 0.399 e. The van der Waals surface area contributed by atoms with Gasteiger partial charge in [0, 0.05) is 27.9 Å². The van der Waals surface area contributed by atoms with Gasteiger partial charge in [-0.05, 0) is 32.0 Å². The Bertz CT molecular complexity index is 336. The third kappa shape index (κ3) is 1.82. The van der Waals surface area contributed by atoms with Gasteiger partial charge >= 0.3 is 0 Å². The minimum atomic E-state index is 0.352. The number of hydrogen-bond donors (Lipinski definition) is 2. The van der Waals surface area contributed by atoms with E-state index in [1.807, 2.05) is 30.0 Å². The van der Waals surface area contributed by atoms with Crippen LogP contribution in [0.5, 0.6) is 0 Å². The fraction of sp³-hybridized carbons (Fsp3) is 0.455. The summed E-state index contributed by atoms with van der Waals surface area (Å²) in [6, 6.07) is 8.51. The first-order chi connectivity index (χ1) is 6.58. The molecule has 1 aliphatic rings. The number of nitrogen functional groups attached to an aromatic ring is 1. The van der Waals surface area contributed by atoms with Crippen molar-refractivity contribution < 1.29 is 0 Å². The molecule has 1 saturated heterocycles. The fourth-order valence-electron chi connectivity index (χ4n) is 1.55. The van der Waals surface area contributed by atoms with E-state index in [0.717, 1.165) is 11.4 Å². The van der Waals surface area contributed by atoms with Crippen molar-refractivity contribution in [2.45, 2.75) is 24.6 Å². The standard InChI is InChI=1S/C11H16N2S/c1-11(2)10(7-14-11)13-9-5-3-4-8(12)6-9/h3-6,10,13H,7,12H2,1-2H3. The molecule has 0 aromatic heterocycles. The van der Waals surface area contributed by atoms with Gasteiger partial charge in [0.1, 0.15) is 0 Å². The van der Waals surface area contributed by atoms with E-state index >= 15 is 0 Å². The summed E-state index contributed by atoms with van der Waals surface area (Å²) in [6.45, 7) is 4.54. The number of thioether (sulfide) groups is 1. The number of nitrogens with one attached hydrogen (secondary N) is 1. The molecule has 0 saturated carbocycles. The second-order valence-electron chi connectivity index (χ2n) is 4.24. The molecule has 1 aromatic rings. The van der Waals surface area contributed by atoms with E-state index in [-0.39, 0.29) is 0 Å². The molecule has 0 spiro atoms. The fourth-order valence-corrected chi connectivity index (χ4v) is 2.69. The molecule has 2 rings (SSSR count). The number of anilines is 2. The van der Waals surface area contributed by atoms with Gasteiger partial charge < -0.3 is 11.1 Å². The Morgan fingerprint density at radius 3 is 2.79 bits per heavy atom. The van der Waals surface area contributed by atoms with Crippen LogP contribution in [-0.2, 0) is 0 Å². The van der Waals surface area contributed by atoms with Crippen LogP contribution in [0.3, 0.4) is 0 Å². The molecule has 76 valence electrons. The molecule has 1 aromatic carbocycles. The summed E-state index contributed by atoms with van der Waals surface area (Å²) in [5.74, 6) is 1.18. The normalized spacial score (nSPS) is 24.0. The van der Waals surface area contributed by atoms with E-state index in [2.05, 4.69) is 25.2 Å². The van der Waals surface area contributed by atoms with E-state index < -0.39 is 0 Å². The van der Waals surface area contributed by atoms with Gasteiger partial charge in [0.2, 0.25) is 0 Å². The van der Waals surface area contributed by atoms with Gasteiger partial charge in [0.15, 0.2) is 0 Å². The molecule has 1 unspecified atom stereocenters. The van der Waals surface area contributed by atoms with Crippen molar-refractivity contribution in [2.75, 3.05) is 16.8 Å². The lowest BCUT2D eigenvalue weighted by Crippen LogP contribution is -2.50. The van der Waals surface area contributed by atoms with E-state index in [4.69, 9.17) is 5.73 Å². The summed E-state index contributed by atoms with van der Waals surface area (Å²) < 4.78 is 0.352. The molecule has 0 amide bonds. The maximum Gasteiger partial charge on any atom is 0.0493 e. The predicted octanol–water partition coefficient (Wildman–Crippen LogP) is 2.57. The molecular weight excluding hydrogens is 192 g/mol. The molecule has 1 atom stereocenters. The summed E-state index contributed by atoms with van der Waals surface area (Å²) >= 11 is 2.00. The third-order valence-corrected chi connectivity index (χ3v) is 4.22. The smallest absolute Gasteiger partial charge is 0.0493 e. The Labute approximate surface area is 89.3 Å². The molecule has 0 radical (unpaired) electrons. The van der Waals surface area contributed by atoms with E-state index in [1.165, 1.54) is 5.75 Å². The molecule has 3 heteroatoms. The Hall–Kier alpha value is -0.830. The van der Waals surface area contributed by atoms with Crippen molar-refractivity contribution >= 4 is 23.1 Å². The van der Waals surface area contributed by atoms with Crippen LogP contribution in [0, 0.1) is 0 Å². The lowest BCUT2D eigenvalue weighted by atomic mass is 10.0. The summed E-state index contributed by atoms with van der Waals surface area (Å²) in [4.78, 5) is 0. The quantitative estimate of drug-likeness (QED) is 0.734. The first kappa shape index (κ1) is 9.71. The molecule has 14 heavy (non-hydrogen) atoms. The predicted molar refractivity (Wildman–Crippen MR) is 64.8 cm³/mol. The van der Waals surface area contributed by atoms with Gasteiger partial charge in [-0.15, -0.1) is 0 Å². The van der Waals surface area contributed by atoms with Crippen LogP contribution in [0.4, 0.5) is 11.4 Å². The Balaban J connectivity index is 2.05. The average Bonchev–Trinajstić information content (AvgIpc) is 2.13. The highest BCUT2D eigenvalue weighted by Gasteiger charge is 2.39. The van der Waals surface area contributed by atoms with Gasteiger partial charge in [-0.1, -0.05) is 6.07 Å².